The molecule has 2 aromatic carbocycles. The third-order valence-electron chi connectivity index (χ3n) is 8.01. The van der Waals surface area contributed by atoms with Crippen molar-refractivity contribution in [2.45, 2.75) is 120 Å². The van der Waals surface area contributed by atoms with Gasteiger partial charge in [-0.05, 0) is 58.8 Å². The first-order valence-corrected chi connectivity index (χ1v) is 14.1. The number of hydrogen-bond donors (Lipinski definition) is 0. The lowest BCUT2D eigenvalue weighted by Gasteiger charge is -2.42. The Kier molecular flexibility index (Phi) is 8.38. The fourth-order valence-corrected chi connectivity index (χ4v) is 5.42. The summed E-state index contributed by atoms with van der Waals surface area (Å²) < 4.78 is 0. The smallest absolute Gasteiger partial charge is 0.0703 e. The van der Waals surface area contributed by atoms with E-state index in [0.717, 1.165) is 24.2 Å². The number of hydrogen-bond acceptors (Lipinski definition) is 2. The van der Waals surface area contributed by atoms with E-state index in [9.17, 15) is 0 Å². The summed E-state index contributed by atoms with van der Waals surface area (Å²) in [6, 6.07) is 13.5. The minimum Gasteiger partial charge on any atom is -0.250 e. The van der Waals surface area contributed by atoms with Crippen molar-refractivity contribution in [1.82, 2.24) is 0 Å². The van der Waals surface area contributed by atoms with Crippen LogP contribution in [0, 0.1) is 10.8 Å². The monoisotopic (exact) mass is 486 g/mol. The molecule has 0 spiro atoms. The van der Waals surface area contributed by atoms with Gasteiger partial charge in [-0.15, -0.1) is 0 Å². The highest BCUT2D eigenvalue weighted by Gasteiger charge is 2.43. The van der Waals surface area contributed by atoms with Crippen LogP contribution in [0.5, 0.6) is 0 Å². The van der Waals surface area contributed by atoms with E-state index in [4.69, 9.17) is 9.98 Å². The van der Waals surface area contributed by atoms with Gasteiger partial charge in [0.25, 0.3) is 0 Å². The van der Waals surface area contributed by atoms with Crippen LogP contribution in [0.3, 0.4) is 0 Å². The van der Waals surface area contributed by atoms with Crippen molar-refractivity contribution in [3.8, 4) is 0 Å². The third kappa shape index (κ3) is 5.68. The molecular formula is C34H50N2. The molecule has 1 saturated carbocycles. The minimum atomic E-state index is -0.0442. The molecule has 0 bridgehead atoms. The number of rotatable bonds is 6. The summed E-state index contributed by atoms with van der Waals surface area (Å²) in [4.78, 5) is 11.2. The van der Waals surface area contributed by atoms with Crippen LogP contribution in [0.2, 0.25) is 0 Å². The molecule has 1 aliphatic rings. The molecule has 2 nitrogen and oxygen atoms in total. The van der Waals surface area contributed by atoms with Crippen molar-refractivity contribution in [2.75, 3.05) is 0 Å². The molecule has 196 valence electrons. The average Bonchev–Trinajstić information content (AvgIpc) is 2.78. The zero-order chi connectivity index (χ0) is 27.0. The van der Waals surface area contributed by atoms with Gasteiger partial charge in [0.05, 0.1) is 22.8 Å². The summed E-state index contributed by atoms with van der Waals surface area (Å²) in [6.45, 7) is 27.7. The largest absolute Gasteiger partial charge is 0.250 e. The van der Waals surface area contributed by atoms with Gasteiger partial charge >= 0.3 is 0 Å². The van der Waals surface area contributed by atoms with E-state index in [-0.39, 0.29) is 10.8 Å². The molecule has 3 rings (SSSR count). The maximum atomic E-state index is 5.62. The first kappa shape index (κ1) is 28.4. The van der Waals surface area contributed by atoms with Crippen molar-refractivity contribution >= 4 is 22.8 Å². The first-order chi connectivity index (χ1) is 16.7. The lowest BCUT2D eigenvalue weighted by Crippen LogP contribution is -2.45. The summed E-state index contributed by atoms with van der Waals surface area (Å²) in [5.41, 5.74) is 9.90. The number of aliphatic imine (C=N–C) groups is 2. The molecule has 0 aromatic heterocycles. The Morgan fingerprint density at radius 1 is 0.500 bits per heavy atom. The van der Waals surface area contributed by atoms with E-state index in [1.807, 2.05) is 0 Å². The van der Waals surface area contributed by atoms with Crippen LogP contribution in [-0.2, 0) is 0 Å². The molecular weight excluding hydrogens is 436 g/mol. The highest BCUT2D eigenvalue weighted by atomic mass is 14.9. The van der Waals surface area contributed by atoms with Crippen LogP contribution in [0.25, 0.3) is 0 Å². The molecule has 36 heavy (non-hydrogen) atoms. The SMILES string of the molecule is CC(C)c1cccc(C(C)C)c1N=C1C(=Nc2c(C(C)C)cccc2C(C)C)C(C)(C)CCC1(C)C. The van der Waals surface area contributed by atoms with Gasteiger partial charge in [-0.25, -0.2) is 0 Å². The van der Waals surface area contributed by atoms with Crippen molar-refractivity contribution < 1.29 is 0 Å². The second kappa shape index (κ2) is 10.6. The summed E-state index contributed by atoms with van der Waals surface area (Å²) in [5.74, 6) is 1.66. The fourth-order valence-electron chi connectivity index (χ4n) is 5.42. The Morgan fingerprint density at radius 3 is 0.972 bits per heavy atom. The molecule has 0 radical (unpaired) electrons. The molecule has 0 N–H and O–H groups in total. The summed E-state index contributed by atoms with van der Waals surface area (Å²) >= 11 is 0. The number of benzene rings is 2. The van der Waals surface area contributed by atoms with E-state index >= 15 is 0 Å². The summed E-state index contributed by atoms with van der Waals surface area (Å²) in [7, 11) is 0. The third-order valence-corrected chi connectivity index (χ3v) is 8.01. The molecule has 0 atom stereocenters. The molecule has 0 unspecified atom stereocenters. The summed E-state index contributed by atoms with van der Waals surface area (Å²) in [6.07, 6.45) is 2.23. The maximum absolute atomic E-state index is 5.62. The Hall–Kier alpha value is -2.22. The zero-order valence-electron chi connectivity index (χ0n) is 25.1. The van der Waals surface area contributed by atoms with Gasteiger partial charge < -0.3 is 0 Å². The van der Waals surface area contributed by atoms with E-state index in [1.54, 1.807) is 0 Å². The van der Waals surface area contributed by atoms with Crippen molar-refractivity contribution in [3.63, 3.8) is 0 Å². The van der Waals surface area contributed by atoms with E-state index < -0.39 is 0 Å². The van der Waals surface area contributed by atoms with E-state index in [2.05, 4.69) is 119 Å². The molecule has 0 aliphatic heterocycles. The van der Waals surface area contributed by atoms with Gasteiger partial charge in [-0.2, -0.15) is 0 Å². The van der Waals surface area contributed by atoms with Gasteiger partial charge in [0, 0.05) is 10.8 Å². The van der Waals surface area contributed by atoms with Gasteiger partial charge in [-0.3, -0.25) is 9.98 Å². The topological polar surface area (TPSA) is 24.7 Å². The number of para-hydroxylation sites is 2. The Balaban J connectivity index is 2.42. The predicted molar refractivity (Wildman–Crippen MR) is 160 cm³/mol. The van der Waals surface area contributed by atoms with E-state index in [1.165, 1.54) is 33.7 Å². The lowest BCUT2D eigenvalue weighted by molar-refractivity contribution is 0.347. The Labute approximate surface area is 221 Å². The Morgan fingerprint density at radius 2 is 0.750 bits per heavy atom. The van der Waals surface area contributed by atoms with Crippen LogP contribution in [0.15, 0.2) is 46.4 Å². The lowest BCUT2D eigenvalue weighted by atomic mass is 9.64. The second-order valence-electron chi connectivity index (χ2n) is 13.4. The van der Waals surface area contributed by atoms with Crippen LogP contribution >= 0.6 is 0 Å². The molecule has 1 fully saturated rings. The van der Waals surface area contributed by atoms with Crippen LogP contribution in [0.4, 0.5) is 11.4 Å². The van der Waals surface area contributed by atoms with Crippen molar-refractivity contribution in [1.29, 1.82) is 0 Å². The molecule has 0 heterocycles. The predicted octanol–water partition coefficient (Wildman–Crippen LogP) is 10.9. The van der Waals surface area contributed by atoms with Crippen molar-refractivity contribution in [2.24, 2.45) is 20.8 Å². The van der Waals surface area contributed by atoms with Crippen LogP contribution in [-0.4, -0.2) is 11.4 Å². The molecule has 2 aromatic rings. The van der Waals surface area contributed by atoms with Gasteiger partial charge in [0.2, 0.25) is 0 Å². The van der Waals surface area contributed by atoms with Gasteiger partial charge in [0.1, 0.15) is 0 Å². The number of nitrogens with zero attached hydrogens (tertiary/aromatic N) is 2. The van der Waals surface area contributed by atoms with Gasteiger partial charge in [0.15, 0.2) is 0 Å². The first-order valence-electron chi connectivity index (χ1n) is 14.1. The average molecular weight is 487 g/mol. The molecule has 0 amide bonds. The van der Waals surface area contributed by atoms with E-state index in [0.29, 0.717) is 23.7 Å². The Bertz CT molecular complexity index is 996. The second-order valence-corrected chi connectivity index (χ2v) is 13.4. The quantitative estimate of drug-likeness (QED) is 0.388. The molecule has 0 saturated heterocycles. The standard InChI is InChI=1S/C34H50N2/c1-21(2)25-15-13-16-26(22(3)4)29(25)35-31-32(34(11,12)20-19-33(31,9)10)36-30-27(23(5)6)17-14-18-28(30)24(7)8/h13-18,21-24H,19-20H2,1-12H3. The zero-order valence-corrected chi connectivity index (χ0v) is 25.1. The van der Waals surface area contributed by atoms with Crippen LogP contribution < -0.4 is 0 Å². The fraction of sp³-hybridized carbons (Fsp3) is 0.588. The van der Waals surface area contributed by atoms with Crippen molar-refractivity contribution in [3.05, 3.63) is 58.7 Å². The summed E-state index contributed by atoms with van der Waals surface area (Å²) in [5, 5.41) is 0. The normalized spacial score (nSPS) is 19.9. The molecule has 1 aliphatic carbocycles. The van der Waals surface area contributed by atoms with Crippen LogP contribution in [0.1, 0.15) is 142 Å². The molecule has 2 heteroatoms. The highest BCUT2D eigenvalue weighted by molar-refractivity contribution is 6.47. The minimum absolute atomic E-state index is 0.0442. The maximum Gasteiger partial charge on any atom is 0.0703 e. The highest BCUT2D eigenvalue weighted by Crippen LogP contribution is 2.46. The van der Waals surface area contributed by atoms with Gasteiger partial charge in [-0.1, -0.05) is 119 Å².